The molecule has 1 heterocycles. The maximum absolute atomic E-state index is 13.0. The molecule has 360 valence electrons. The van der Waals surface area contributed by atoms with Crippen molar-refractivity contribution < 1.29 is 44.9 Å². The molecule has 10 nitrogen and oxygen atoms in total. The standard InChI is InChI=1S/C51H97NO9/c1-3-5-7-9-11-13-15-16-17-18-19-20-21-22-23-24-25-26-27-28-30-32-34-36-38-40-45(55)50(59)52-43(42-60-51-49(58)48(57)47(56)46(41-53)61-51)44(54)39-37-35-33-31-29-14-12-10-8-6-4-2/h29,31,37,39,43-49,51,53-58H,3-28,30,32-36,38,40-42H2,1-2H3,(H,52,59)/b31-29+,39-37+. The molecule has 0 aromatic heterocycles. The van der Waals surface area contributed by atoms with Crippen LogP contribution < -0.4 is 5.32 Å². The highest BCUT2D eigenvalue weighted by molar-refractivity contribution is 5.80. The molecule has 0 spiro atoms. The van der Waals surface area contributed by atoms with Gasteiger partial charge in [0.1, 0.15) is 30.5 Å². The quantitative estimate of drug-likeness (QED) is 0.0233. The zero-order chi connectivity index (χ0) is 44.6. The number of amides is 1. The van der Waals surface area contributed by atoms with Gasteiger partial charge in [0.2, 0.25) is 5.91 Å². The van der Waals surface area contributed by atoms with E-state index in [0.29, 0.717) is 19.3 Å². The number of rotatable bonds is 43. The Labute approximate surface area is 373 Å². The summed E-state index contributed by atoms with van der Waals surface area (Å²) in [5.41, 5.74) is 0. The number of unbranched alkanes of at least 4 members (excludes halogenated alkanes) is 30. The number of ether oxygens (including phenoxy) is 2. The Bertz CT molecular complexity index is 1030. The van der Waals surface area contributed by atoms with E-state index < -0.39 is 61.5 Å². The monoisotopic (exact) mass is 868 g/mol. The number of hydrogen-bond donors (Lipinski definition) is 7. The first kappa shape index (κ1) is 57.6. The van der Waals surface area contributed by atoms with Crippen molar-refractivity contribution in [1.82, 2.24) is 5.32 Å². The fourth-order valence-electron chi connectivity index (χ4n) is 8.18. The first-order valence-corrected chi connectivity index (χ1v) is 25.7. The normalized spacial score (nSPS) is 21.1. The third-order valence-corrected chi connectivity index (χ3v) is 12.4. The van der Waals surface area contributed by atoms with Crippen LogP contribution in [0, 0.1) is 0 Å². The average Bonchev–Trinajstić information content (AvgIpc) is 3.26. The van der Waals surface area contributed by atoms with Gasteiger partial charge in [-0.3, -0.25) is 4.79 Å². The van der Waals surface area contributed by atoms with Crippen LogP contribution in [0.5, 0.6) is 0 Å². The van der Waals surface area contributed by atoms with E-state index in [9.17, 15) is 35.4 Å². The van der Waals surface area contributed by atoms with Crippen LogP contribution in [0.15, 0.2) is 24.3 Å². The summed E-state index contributed by atoms with van der Waals surface area (Å²) in [6, 6.07) is -0.992. The fraction of sp³-hybridized carbons (Fsp3) is 0.902. The highest BCUT2D eigenvalue weighted by atomic mass is 16.7. The van der Waals surface area contributed by atoms with Gasteiger partial charge in [-0.1, -0.05) is 224 Å². The van der Waals surface area contributed by atoms with Crippen molar-refractivity contribution in [3.05, 3.63) is 24.3 Å². The van der Waals surface area contributed by atoms with E-state index in [1.165, 1.54) is 167 Å². The molecule has 1 saturated heterocycles. The smallest absolute Gasteiger partial charge is 0.249 e. The van der Waals surface area contributed by atoms with Crippen molar-refractivity contribution in [2.75, 3.05) is 13.2 Å². The van der Waals surface area contributed by atoms with Crippen LogP contribution >= 0.6 is 0 Å². The van der Waals surface area contributed by atoms with Crippen molar-refractivity contribution in [3.8, 4) is 0 Å². The summed E-state index contributed by atoms with van der Waals surface area (Å²) in [5, 5.41) is 64.6. The maximum atomic E-state index is 13.0. The molecule has 0 bridgehead atoms. The second-order valence-corrected chi connectivity index (χ2v) is 18.1. The van der Waals surface area contributed by atoms with E-state index in [4.69, 9.17) is 9.47 Å². The van der Waals surface area contributed by atoms with Crippen molar-refractivity contribution in [1.29, 1.82) is 0 Å². The van der Waals surface area contributed by atoms with Crippen LogP contribution in [-0.2, 0) is 14.3 Å². The third kappa shape index (κ3) is 31.2. The third-order valence-electron chi connectivity index (χ3n) is 12.4. The van der Waals surface area contributed by atoms with Gasteiger partial charge in [0, 0.05) is 0 Å². The average molecular weight is 868 g/mol. The first-order valence-electron chi connectivity index (χ1n) is 25.7. The van der Waals surface area contributed by atoms with Crippen LogP contribution in [0.3, 0.4) is 0 Å². The Kier molecular flexibility index (Phi) is 39.1. The Morgan fingerprint density at radius 2 is 0.967 bits per heavy atom. The second-order valence-electron chi connectivity index (χ2n) is 18.1. The highest BCUT2D eigenvalue weighted by Crippen LogP contribution is 2.23. The first-order chi connectivity index (χ1) is 29.8. The molecule has 1 aliphatic rings. The molecule has 1 rings (SSSR count). The predicted molar refractivity (Wildman–Crippen MR) is 250 cm³/mol. The Balaban J connectivity index is 2.25. The van der Waals surface area contributed by atoms with E-state index in [2.05, 4.69) is 31.3 Å². The summed E-state index contributed by atoms with van der Waals surface area (Å²) in [4.78, 5) is 13.0. The van der Waals surface area contributed by atoms with Gasteiger partial charge in [0.25, 0.3) is 0 Å². The summed E-state index contributed by atoms with van der Waals surface area (Å²) in [7, 11) is 0. The molecule has 1 aliphatic heterocycles. The van der Waals surface area contributed by atoms with E-state index >= 15 is 0 Å². The molecule has 0 aliphatic carbocycles. The lowest BCUT2D eigenvalue weighted by Crippen LogP contribution is -2.60. The van der Waals surface area contributed by atoms with Gasteiger partial charge in [0.15, 0.2) is 6.29 Å². The maximum Gasteiger partial charge on any atom is 0.249 e. The molecule has 0 radical (unpaired) electrons. The lowest BCUT2D eigenvalue weighted by atomic mass is 9.99. The number of nitrogens with one attached hydrogen (secondary N) is 1. The number of aliphatic hydroxyl groups excluding tert-OH is 6. The zero-order valence-corrected chi connectivity index (χ0v) is 39.3. The molecule has 1 amide bonds. The summed E-state index contributed by atoms with van der Waals surface area (Å²) >= 11 is 0. The van der Waals surface area contributed by atoms with Crippen molar-refractivity contribution in [3.63, 3.8) is 0 Å². The van der Waals surface area contributed by atoms with Crippen molar-refractivity contribution >= 4 is 5.91 Å². The Hall–Kier alpha value is -1.37. The number of carbonyl (C=O) groups excluding carboxylic acids is 1. The number of hydrogen-bond acceptors (Lipinski definition) is 9. The molecule has 10 heteroatoms. The fourth-order valence-corrected chi connectivity index (χ4v) is 8.18. The highest BCUT2D eigenvalue weighted by Gasteiger charge is 2.44. The Morgan fingerprint density at radius 1 is 0.557 bits per heavy atom. The molecule has 1 fully saturated rings. The summed E-state index contributed by atoms with van der Waals surface area (Å²) in [6.07, 6.45) is 40.1. The van der Waals surface area contributed by atoms with Gasteiger partial charge in [-0.2, -0.15) is 0 Å². The summed E-state index contributed by atoms with van der Waals surface area (Å²) < 4.78 is 11.1. The molecule has 0 aromatic carbocycles. The van der Waals surface area contributed by atoms with Gasteiger partial charge < -0.3 is 45.4 Å². The largest absolute Gasteiger partial charge is 0.394 e. The molecular formula is C51H97NO9. The minimum atomic E-state index is -1.61. The van der Waals surface area contributed by atoms with Gasteiger partial charge >= 0.3 is 0 Å². The summed E-state index contributed by atoms with van der Waals surface area (Å²) in [6.45, 7) is 3.58. The number of allylic oxidation sites excluding steroid dienone is 3. The minimum absolute atomic E-state index is 0.308. The SMILES string of the molecule is CCCCCCC/C=C/CC/C=C/C(O)C(COC1OC(CO)C(O)C(O)C1O)NC(=O)C(O)CCCCCCCCCCCCCCCCCCCCCCCCCCC. The molecule has 8 atom stereocenters. The molecule has 61 heavy (non-hydrogen) atoms. The predicted octanol–water partition coefficient (Wildman–Crippen LogP) is 10.4. The van der Waals surface area contributed by atoms with E-state index in [-0.39, 0.29) is 6.61 Å². The summed E-state index contributed by atoms with van der Waals surface area (Å²) in [5.74, 6) is -0.624. The molecular weight excluding hydrogens is 771 g/mol. The van der Waals surface area contributed by atoms with Crippen LogP contribution in [0.1, 0.15) is 232 Å². The number of carbonyl (C=O) groups is 1. The van der Waals surface area contributed by atoms with Crippen LogP contribution in [0.2, 0.25) is 0 Å². The minimum Gasteiger partial charge on any atom is -0.394 e. The van der Waals surface area contributed by atoms with Crippen molar-refractivity contribution in [2.45, 2.75) is 281 Å². The van der Waals surface area contributed by atoms with Gasteiger partial charge in [-0.05, 0) is 32.1 Å². The van der Waals surface area contributed by atoms with Crippen molar-refractivity contribution in [2.24, 2.45) is 0 Å². The Morgan fingerprint density at radius 3 is 1.43 bits per heavy atom. The van der Waals surface area contributed by atoms with Gasteiger partial charge in [0.05, 0.1) is 25.4 Å². The van der Waals surface area contributed by atoms with Crippen LogP contribution in [-0.4, -0.2) is 98.7 Å². The zero-order valence-electron chi connectivity index (χ0n) is 39.3. The van der Waals surface area contributed by atoms with Gasteiger partial charge in [-0.15, -0.1) is 0 Å². The molecule has 7 N–H and O–H groups in total. The van der Waals surface area contributed by atoms with Crippen LogP contribution in [0.4, 0.5) is 0 Å². The van der Waals surface area contributed by atoms with E-state index in [1.807, 2.05) is 6.08 Å². The lowest BCUT2D eigenvalue weighted by molar-refractivity contribution is -0.302. The lowest BCUT2D eigenvalue weighted by Gasteiger charge is -2.40. The molecule has 0 aromatic rings. The van der Waals surface area contributed by atoms with E-state index in [0.717, 1.165) is 32.1 Å². The topological polar surface area (TPSA) is 169 Å². The second kappa shape index (κ2) is 41.3. The van der Waals surface area contributed by atoms with E-state index in [1.54, 1.807) is 6.08 Å². The number of aliphatic hydroxyl groups is 6. The molecule has 8 unspecified atom stereocenters. The van der Waals surface area contributed by atoms with Crippen LogP contribution in [0.25, 0.3) is 0 Å². The van der Waals surface area contributed by atoms with Gasteiger partial charge in [-0.25, -0.2) is 0 Å². The molecule has 0 saturated carbocycles.